The lowest BCUT2D eigenvalue weighted by molar-refractivity contribution is -0.304. The number of ketones is 1. The number of aromatic hydroxyl groups is 5. The Labute approximate surface area is 186 Å². The van der Waals surface area contributed by atoms with E-state index in [0.717, 1.165) is 24.3 Å². The van der Waals surface area contributed by atoms with E-state index in [1.807, 2.05) is 0 Å². The van der Waals surface area contributed by atoms with E-state index < -0.39 is 77.4 Å². The van der Waals surface area contributed by atoms with Crippen LogP contribution in [0.15, 0.2) is 24.3 Å². The van der Waals surface area contributed by atoms with Crippen molar-refractivity contribution in [2.45, 2.75) is 49.8 Å². The number of hydrogen-bond acceptors (Lipinski definition) is 12. The van der Waals surface area contributed by atoms with Crippen LogP contribution >= 0.6 is 0 Å². The summed E-state index contributed by atoms with van der Waals surface area (Å²) in [5, 5.41) is 79.7. The van der Waals surface area contributed by atoms with Crippen LogP contribution in [0.5, 0.6) is 34.5 Å². The molecule has 2 aromatic rings. The van der Waals surface area contributed by atoms with Crippen molar-refractivity contribution >= 4 is 5.78 Å². The Morgan fingerprint density at radius 2 is 1.48 bits per heavy atom. The molecule has 2 heterocycles. The summed E-state index contributed by atoms with van der Waals surface area (Å²) in [5.74, 6) is -4.40. The van der Waals surface area contributed by atoms with E-state index in [1.165, 1.54) is 6.92 Å². The molecule has 12 heteroatoms. The highest BCUT2D eigenvalue weighted by Gasteiger charge is 2.48. The maximum absolute atomic E-state index is 13.3. The molecule has 0 bridgehead atoms. The Morgan fingerprint density at radius 1 is 0.848 bits per heavy atom. The van der Waals surface area contributed by atoms with Crippen LogP contribution in [0.25, 0.3) is 0 Å². The lowest BCUT2D eigenvalue weighted by Crippen LogP contribution is -2.59. The van der Waals surface area contributed by atoms with Crippen LogP contribution in [-0.2, 0) is 9.47 Å². The maximum atomic E-state index is 13.3. The van der Waals surface area contributed by atoms with Crippen molar-refractivity contribution in [3.63, 3.8) is 0 Å². The normalized spacial score (nSPS) is 31.6. The lowest BCUT2D eigenvalue weighted by Gasteiger charge is -2.42. The van der Waals surface area contributed by atoms with Crippen molar-refractivity contribution in [3.8, 4) is 34.5 Å². The third kappa shape index (κ3) is 3.87. The molecular weight excluding hydrogens is 444 g/mol. The second-order valence-corrected chi connectivity index (χ2v) is 7.89. The highest BCUT2D eigenvalue weighted by Crippen LogP contribution is 2.46. The molecule has 8 N–H and O–H groups in total. The lowest BCUT2D eigenvalue weighted by atomic mass is 9.92. The third-order valence-corrected chi connectivity index (χ3v) is 5.61. The quantitative estimate of drug-likeness (QED) is 0.275. The van der Waals surface area contributed by atoms with Gasteiger partial charge in [0.25, 0.3) is 0 Å². The number of ether oxygens (including phenoxy) is 3. The summed E-state index contributed by atoms with van der Waals surface area (Å²) < 4.78 is 16.8. The number of benzene rings is 2. The van der Waals surface area contributed by atoms with Gasteiger partial charge in [0.05, 0.1) is 6.10 Å². The molecule has 1 saturated heterocycles. The zero-order valence-corrected chi connectivity index (χ0v) is 17.1. The predicted octanol–water partition coefficient (Wildman–Crippen LogP) is -0.256. The van der Waals surface area contributed by atoms with Gasteiger partial charge < -0.3 is 55.1 Å². The van der Waals surface area contributed by atoms with Gasteiger partial charge in [0.1, 0.15) is 41.1 Å². The van der Waals surface area contributed by atoms with Crippen molar-refractivity contribution in [2.75, 3.05) is 0 Å². The molecule has 2 aliphatic heterocycles. The van der Waals surface area contributed by atoms with E-state index in [1.54, 1.807) is 0 Å². The zero-order chi connectivity index (χ0) is 24.2. The SMILES string of the molecule is C[C@@H]1O[C@@H](OC2C(=O)c3c(O)cc(O)cc3OC2c2cc(O)c(O)c(O)c2)[C@H](O)[C@H](O)[C@H]1O. The van der Waals surface area contributed by atoms with Crippen LogP contribution < -0.4 is 4.74 Å². The number of carbonyl (C=O) groups excluding carboxylic acids is 1. The third-order valence-electron chi connectivity index (χ3n) is 5.61. The van der Waals surface area contributed by atoms with E-state index >= 15 is 0 Å². The smallest absolute Gasteiger partial charge is 0.203 e. The highest BCUT2D eigenvalue weighted by atomic mass is 16.7. The first-order valence-corrected chi connectivity index (χ1v) is 9.86. The van der Waals surface area contributed by atoms with Gasteiger partial charge >= 0.3 is 0 Å². The molecule has 2 aromatic carbocycles. The first-order valence-electron chi connectivity index (χ1n) is 9.86. The number of aliphatic hydroxyl groups is 3. The number of Topliss-reactive ketones (excluding diaryl/α,β-unsaturated/α-hetero) is 1. The summed E-state index contributed by atoms with van der Waals surface area (Å²) in [6.45, 7) is 1.41. The molecule has 0 saturated carbocycles. The van der Waals surface area contributed by atoms with E-state index in [0.29, 0.717) is 0 Å². The van der Waals surface area contributed by atoms with Crippen LogP contribution in [0.1, 0.15) is 28.9 Å². The molecule has 1 fully saturated rings. The first kappa shape index (κ1) is 22.9. The van der Waals surface area contributed by atoms with Gasteiger partial charge in [-0.1, -0.05) is 0 Å². The van der Waals surface area contributed by atoms with Crippen LogP contribution in [0, 0.1) is 0 Å². The summed E-state index contributed by atoms with van der Waals surface area (Å²) in [6.07, 6.45) is -10.5. The largest absolute Gasteiger partial charge is 0.508 e. The average molecular weight is 466 g/mol. The number of hydrogen-bond donors (Lipinski definition) is 8. The van der Waals surface area contributed by atoms with E-state index in [9.17, 15) is 45.6 Å². The van der Waals surface area contributed by atoms with Gasteiger partial charge in [0.15, 0.2) is 35.7 Å². The van der Waals surface area contributed by atoms with Crippen molar-refractivity contribution in [1.29, 1.82) is 0 Å². The molecule has 0 spiro atoms. The fourth-order valence-corrected chi connectivity index (χ4v) is 3.84. The van der Waals surface area contributed by atoms with E-state index in [2.05, 4.69) is 0 Å². The average Bonchev–Trinajstić information content (AvgIpc) is 2.74. The Hall–Kier alpha value is -3.29. The van der Waals surface area contributed by atoms with Gasteiger partial charge in [-0.25, -0.2) is 0 Å². The number of carbonyl (C=O) groups is 1. The fraction of sp³-hybridized carbons (Fsp3) is 0.381. The standard InChI is InChI=1S/C21H22O12/c1-6-14(26)17(29)18(30)21(31-6)33-20-16(28)13-9(23)4-8(22)5-12(13)32-19(20)7-2-10(24)15(27)11(25)3-7/h2-6,14,17-27,29-30H,1H3/t6-,14-,17+,18+,19?,20?,21-/m0/s1. The molecule has 0 aliphatic carbocycles. The molecule has 0 amide bonds. The number of fused-ring (bicyclic) bond motifs is 1. The van der Waals surface area contributed by atoms with Crippen LogP contribution in [0.4, 0.5) is 0 Å². The van der Waals surface area contributed by atoms with Gasteiger partial charge in [0.2, 0.25) is 5.78 Å². The second-order valence-electron chi connectivity index (χ2n) is 7.89. The van der Waals surface area contributed by atoms with Gasteiger partial charge in [-0.05, 0) is 19.1 Å². The molecule has 0 radical (unpaired) electrons. The molecule has 33 heavy (non-hydrogen) atoms. The monoisotopic (exact) mass is 466 g/mol. The molecular formula is C21H22O12. The first-order chi connectivity index (χ1) is 15.5. The van der Waals surface area contributed by atoms with Crippen LogP contribution in [-0.4, -0.2) is 83.4 Å². The minimum absolute atomic E-state index is 0.0476. The molecule has 7 atom stereocenters. The molecule has 0 aromatic heterocycles. The second kappa shape index (κ2) is 8.24. The van der Waals surface area contributed by atoms with Crippen molar-refractivity contribution in [3.05, 3.63) is 35.4 Å². The molecule has 12 nitrogen and oxygen atoms in total. The van der Waals surface area contributed by atoms with Crippen LogP contribution in [0.2, 0.25) is 0 Å². The minimum Gasteiger partial charge on any atom is -0.508 e. The van der Waals surface area contributed by atoms with Gasteiger partial charge in [-0.2, -0.15) is 0 Å². The van der Waals surface area contributed by atoms with Crippen molar-refractivity contribution in [2.24, 2.45) is 0 Å². The van der Waals surface area contributed by atoms with Gasteiger partial charge in [-0.15, -0.1) is 0 Å². The number of phenolic OH excluding ortho intramolecular Hbond substituents is 5. The number of phenols is 5. The Kier molecular flexibility index (Phi) is 5.72. The van der Waals surface area contributed by atoms with Crippen molar-refractivity contribution in [1.82, 2.24) is 0 Å². The Balaban J connectivity index is 1.78. The molecule has 2 unspecified atom stereocenters. The van der Waals surface area contributed by atoms with Gasteiger partial charge in [0, 0.05) is 17.7 Å². The topological polar surface area (TPSA) is 207 Å². The summed E-state index contributed by atoms with van der Waals surface area (Å²) in [4.78, 5) is 13.3. The van der Waals surface area contributed by atoms with Gasteiger partial charge in [-0.3, -0.25) is 4.79 Å². The summed E-state index contributed by atoms with van der Waals surface area (Å²) in [5.41, 5.74) is -0.395. The minimum atomic E-state index is -1.76. The predicted molar refractivity (Wildman–Crippen MR) is 106 cm³/mol. The zero-order valence-electron chi connectivity index (χ0n) is 17.1. The van der Waals surface area contributed by atoms with E-state index in [4.69, 9.17) is 14.2 Å². The Morgan fingerprint density at radius 3 is 2.12 bits per heavy atom. The summed E-state index contributed by atoms with van der Waals surface area (Å²) in [7, 11) is 0. The number of rotatable bonds is 3. The summed E-state index contributed by atoms with van der Waals surface area (Å²) >= 11 is 0. The summed E-state index contributed by atoms with van der Waals surface area (Å²) in [6, 6.07) is 3.96. The molecule has 178 valence electrons. The molecule has 4 rings (SSSR count). The number of aliphatic hydroxyl groups excluding tert-OH is 3. The van der Waals surface area contributed by atoms with Crippen molar-refractivity contribution < 1.29 is 59.9 Å². The Bertz CT molecular complexity index is 1060. The fourth-order valence-electron chi connectivity index (χ4n) is 3.84. The van der Waals surface area contributed by atoms with E-state index in [-0.39, 0.29) is 16.9 Å². The maximum Gasteiger partial charge on any atom is 0.203 e. The van der Waals surface area contributed by atoms with Crippen LogP contribution in [0.3, 0.4) is 0 Å². The molecule has 2 aliphatic rings. The highest BCUT2D eigenvalue weighted by molar-refractivity contribution is 6.05.